The van der Waals surface area contributed by atoms with E-state index in [0.717, 1.165) is 6.07 Å². The molecule has 7 nitrogen and oxygen atoms in total. The van der Waals surface area contributed by atoms with E-state index in [1.807, 2.05) is 0 Å². The number of nitrogens with one attached hydrogen (secondary N) is 2. The molecule has 10 heteroatoms. The molecule has 1 aromatic carbocycles. The van der Waals surface area contributed by atoms with Crippen LogP contribution < -0.4 is 15.5 Å². The van der Waals surface area contributed by atoms with Crippen molar-refractivity contribution in [2.75, 3.05) is 5.32 Å². The first kappa shape index (κ1) is 21.0. The third kappa shape index (κ3) is 4.51. The van der Waals surface area contributed by atoms with Crippen LogP contribution >= 0.6 is 0 Å². The largest absolute Gasteiger partial charge is 0.505 e. The highest BCUT2D eigenvalue weighted by Crippen LogP contribution is 2.27. The predicted octanol–water partition coefficient (Wildman–Crippen LogP) is 1.30. The van der Waals surface area contributed by atoms with Crippen molar-refractivity contribution in [1.82, 2.24) is 9.29 Å². The minimum absolute atomic E-state index is 0.0186. The van der Waals surface area contributed by atoms with Crippen molar-refractivity contribution >= 4 is 34.9 Å². The van der Waals surface area contributed by atoms with E-state index in [9.17, 15) is 22.7 Å². The maximum absolute atomic E-state index is 13.6. The molecule has 2 aromatic rings. The second-order valence-corrected chi connectivity index (χ2v) is 8.96. The SMILES string of the molecule is [B]c1cc(F)c(C)c(O)c1NC(=O)c1cc(S(=O)(=O)NC(C)(C)C)cn1C. The topological polar surface area (TPSA) is 100 Å². The normalized spacial score (nSPS) is 12.2. The van der Waals surface area contributed by atoms with Gasteiger partial charge < -0.3 is 15.0 Å². The number of phenols is 1. The van der Waals surface area contributed by atoms with Crippen molar-refractivity contribution in [3.63, 3.8) is 0 Å². The maximum Gasteiger partial charge on any atom is 0.272 e. The molecule has 0 unspecified atom stereocenters. The van der Waals surface area contributed by atoms with Gasteiger partial charge in [-0.3, -0.25) is 4.79 Å². The Kier molecular flexibility index (Phi) is 5.45. The molecule has 2 rings (SSSR count). The molecule has 0 saturated carbocycles. The first-order valence-electron chi connectivity index (χ1n) is 8.02. The first-order valence-corrected chi connectivity index (χ1v) is 9.50. The van der Waals surface area contributed by atoms with Crippen molar-refractivity contribution in [1.29, 1.82) is 0 Å². The van der Waals surface area contributed by atoms with Crippen LogP contribution in [-0.2, 0) is 17.1 Å². The molecule has 0 aliphatic carbocycles. The van der Waals surface area contributed by atoms with Crippen LogP contribution in [0.15, 0.2) is 23.2 Å². The van der Waals surface area contributed by atoms with Crippen molar-refractivity contribution in [3.8, 4) is 5.75 Å². The lowest BCUT2D eigenvalue weighted by Crippen LogP contribution is -2.40. The van der Waals surface area contributed by atoms with E-state index in [4.69, 9.17) is 7.85 Å². The zero-order valence-electron chi connectivity index (χ0n) is 15.7. The average molecular weight is 393 g/mol. The monoisotopic (exact) mass is 393 g/mol. The van der Waals surface area contributed by atoms with Crippen molar-refractivity contribution < 1.29 is 22.7 Å². The number of anilines is 1. The summed E-state index contributed by atoms with van der Waals surface area (Å²) in [6.45, 7) is 6.43. The molecule has 0 aliphatic heterocycles. The highest BCUT2D eigenvalue weighted by Gasteiger charge is 2.26. The van der Waals surface area contributed by atoms with Gasteiger partial charge in [0, 0.05) is 24.3 Å². The molecule has 1 amide bonds. The van der Waals surface area contributed by atoms with Crippen LogP contribution in [0, 0.1) is 12.7 Å². The van der Waals surface area contributed by atoms with E-state index in [1.54, 1.807) is 20.8 Å². The third-order valence-corrected chi connectivity index (χ3v) is 5.45. The minimum Gasteiger partial charge on any atom is -0.505 e. The minimum atomic E-state index is -3.83. The standard InChI is InChI=1S/C17H21BFN3O4S/c1-9-12(19)7-11(18)14(15(9)23)20-16(24)13-6-10(8-22(13)5)27(25,26)21-17(2,3)4/h6-8,21,23H,1-5H3,(H,20,24). The van der Waals surface area contributed by atoms with Crippen molar-refractivity contribution in [3.05, 3.63) is 35.4 Å². The van der Waals surface area contributed by atoms with Crippen LogP contribution in [0.5, 0.6) is 5.75 Å². The van der Waals surface area contributed by atoms with Crippen LogP contribution in [0.4, 0.5) is 10.1 Å². The fraction of sp³-hybridized carbons (Fsp3) is 0.353. The fourth-order valence-electron chi connectivity index (χ4n) is 2.43. The summed E-state index contributed by atoms with van der Waals surface area (Å²) in [6.07, 6.45) is 1.29. The maximum atomic E-state index is 13.6. The molecular formula is C17H21BFN3O4S. The van der Waals surface area contributed by atoms with Crippen LogP contribution in [0.2, 0.25) is 0 Å². The summed E-state index contributed by atoms with van der Waals surface area (Å²) in [5, 5.41) is 12.4. The molecule has 1 heterocycles. The Balaban J connectivity index is 2.37. The number of carbonyl (C=O) groups excluding carboxylic acids is 1. The first-order chi connectivity index (χ1) is 12.2. The van der Waals surface area contributed by atoms with Crippen LogP contribution in [0.1, 0.15) is 36.8 Å². The number of halogens is 1. The lowest BCUT2D eigenvalue weighted by atomic mass is 9.91. The molecule has 0 aliphatic rings. The Hall–Kier alpha value is -2.33. The number of benzene rings is 1. The van der Waals surface area contributed by atoms with Gasteiger partial charge >= 0.3 is 0 Å². The molecule has 144 valence electrons. The summed E-state index contributed by atoms with van der Waals surface area (Å²) in [5.74, 6) is -1.90. The highest BCUT2D eigenvalue weighted by atomic mass is 32.2. The van der Waals surface area contributed by atoms with E-state index in [0.29, 0.717) is 0 Å². The fourth-order valence-corrected chi connectivity index (χ4v) is 3.92. The number of aromatic hydroxyl groups is 1. The number of aromatic nitrogens is 1. The lowest BCUT2D eigenvalue weighted by molar-refractivity contribution is 0.101. The Morgan fingerprint density at radius 3 is 2.44 bits per heavy atom. The molecule has 0 saturated heterocycles. The quantitative estimate of drug-likeness (QED) is 0.539. The number of rotatable bonds is 4. The zero-order valence-corrected chi connectivity index (χ0v) is 16.5. The van der Waals surface area contributed by atoms with Gasteiger partial charge in [-0.15, -0.1) is 0 Å². The molecule has 3 N–H and O–H groups in total. The summed E-state index contributed by atoms with van der Waals surface area (Å²) in [4.78, 5) is 12.5. The van der Waals surface area contributed by atoms with Gasteiger partial charge in [-0.1, -0.05) is 5.46 Å². The van der Waals surface area contributed by atoms with Crippen LogP contribution in [-0.4, -0.2) is 37.4 Å². The summed E-state index contributed by atoms with van der Waals surface area (Å²) in [5.41, 5.74) is -1.03. The Bertz CT molecular complexity index is 1010. The molecule has 2 radical (unpaired) electrons. The molecule has 0 bridgehead atoms. The van der Waals surface area contributed by atoms with E-state index in [-0.39, 0.29) is 27.3 Å². The van der Waals surface area contributed by atoms with Gasteiger partial charge in [0.25, 0.3) is 5.91 Å². The lowest BCUT2D eigenvalue weighted by Gasteiger charge is -2.19. The van der Waals surface area contributed by atoms with Crippen LogP contribution in [0.3, 0.4) is 0 Å². The number of aryl methyl sites for hydroxylation is 1. The highest BCUT2D eigenvalue weighted by molar-refractivity contribution is 7.89. The molecular weight excluding hydrogens is 372 g/mol. The molecule has 0 fully saturated rings. The number of phenolic OH excluding ortho intramolecular Hbond substituents is 1. The summed E-state index contributed by atoms with van der Waals surface area (Å²) in [7, 11) is 3.35. The number of sulfonamides is 1. The number of amides is 1. The van der Waals surface area contributed by atoms with E-state index >= 15 is 0 Å². The van der Waals surface area contributed by atoms with Crippen molar-refractivity contribution in [2.45, 2.75) is 38.1 Å². The van der Waals surface area contributed by atoms with Gasteiger partial charge in [-0.2, -0.15) is 0 Å². The Morgan fingerprint density at radius 1 is 1.30 bits per heavy atom. The van der Waals surface area contributed by atoms with Crippen molar-refractivity contribution in [2.24, 2.45) is 7.05 Å². The Labute approximate surface area is 159 Å². The molecule has 27 heavy (non-hydrogen) atoms. The molecule has 0 spiro atoms. The molecule has 1 aromatic heterocycles. The average Bonchev–Trinajstić information content (AvgIpc) is 2.90. The van der Waals surface area contributed by atoms with Gasteiger partial charge in [0.2, 0.25) is 10.0 Å². The summed E-state index contributed by atoms with van der Waals surface area (Å²) in [6, 6.07) is 2.19. The van der Waals surface area contributed by atoms with Gasteiger partial charge in [0.15, 0.2) is 0 Å². The smallest absolute Gasteiger partial charge is 0.272 e. The van der Waals surface area contributed by atoms with Crippen LogP contribution in [0.25, 0.3) is 0 Å². The predicted molar refractivity (Wildman–Crippen MR) is 102 cm³/mol. The number of nitrogens with zero attached hydrogens (tertiary/aromatic N) is 1. The summed E-state index contributed by atoms with van der Waals surface area (Å²) >= 11 is 0. The van der Waals surface area contributed by atoms with E-state index in [2.05, 4.69) is 10.0 Å². The van der Waals surface area contributed by atoms with Gasteiger partial charge in [-0.25, -0.2) is 17.5 Å². The number of hydrogen-bond acceptors (Lipinski definition) is 4. The third-order valence-electron chi connectivity index (χ3n) is 3.72. The van der Waals surface area contributed by atoms with E-state index < -0.39 is 33.0 Å². The summed E-state index contributed by atoms with van der Waals surface area (Å²) < 4.78 is 42.3. The number of hydrogen-bond donors (Lipinski definition) is 3. The second kappa shape index (κ2) is 7.01. The van der Waals surface area contributed by atoms with Gasteiger partial charge in [-0.05, 0) is 39.8 Å². The second-order valence-electron chi connectivity index (χ2n) is 7.28. The van der Waals surface area contributed by atoms with Gasteiger partial charge in [0.05, 0.1) is 5.69 Å². The van der Waals surface area contributed by atoms with Gasteiger partial charge in [0.1, 0.15) is 30.0 Å². The van der Waals surface area contributed by atoms with E-state index in [1.165, 1.54) is 30.8 Å². The zero-order chi connectivity index (χ0) is 20.7. The molecule has 0 atom stereocenters. The number of carbonyl (C=O) groups is 1. The Morgan fingerprint density at radius 2 is 1.89 bits per heavy atom.